The summed E-state index contributed by atoms with van der Waals surface area (Å²) in [5.41, 5.74) is 0.393. The van der Waals surface area contributed by atoms with E-state index in [2.05, 4.69) is 0 Å². The highest BCUT2D eigenvalue weighted by atomic mass is 32.2. The van der Waals surface area contributed by atoms with Crippen molar-refractivity contribution in [2.24, 2.45) is 0 Å². The zero-order valence-corrected chi connectivity index (χ0v) is 19.7. The van der Waals surface area contributed by atoms with Crippen LogP contribution in [0.5, 0.6) is 5.75 Å². The van der Waals surface area contributed by atoms with Gasteiger partial charge in [0.25, 0.3) is 10.0 Å². The number of hydrogen-bond donors (Lipinski definition) is 0. The topological polar surface area (TPSA) is 96.5 Å². The zero-order chi connectivity index (χ0) is 23.8. The fourth-order valence-electron chi connectivity index (χ4n) is 3.49. The molecule has 9 nitrogen and oxygen atoms in total. The molecule has 0 spiro atoms. The van der Waals surface area contributed by atoms with Crippen molar-refractivity contribution in [3.63, 3.8) is 0 Å². The Bertz CT molecular complexity index is 1040. The van der Waals surface area contributed by atoms with Gasteiger partial charge in [0.2, 0.25) is 5.91 Å². The average Bonchev–Trinajstić information content (AvgIpc) is 2.83. The molecule has 0 bridgehead atoms. The third kappa shape index (κ3) is 5.95. The number of amides is 2. The summed E-state index contributed by atoms with van der Waals surface area (Å²) in [4.78, 5) is 28.1. The first-order chi connectivity index (χ1) is 15.9. The fourth-order valence-corrected chi connectivity index (χ4v) is 4.90. The largest absolute Gasteiger partial charge is 0.494 e. The number of nitrogens with zero attached hydrogens (tertiary/aromatic N) is 3. The first kappa shape index (κ1) is 24.4. The van der Waals surface area contributed by atoms with Crippen LogP contribution in [0.25, 0.3) is 0 Å². The number of rotatable bonds is 8. The molecular weight excluding hydrogens is 446 g/mol. The number of benzene rings is 2. The molecule has 0 radical (unpaired) electrons. The number of piperazine rings is 1. The number of carbonyl (C=O) groups is 2. The van der Waals surface area contributed by atoms with E-state index in [4.69, 9.17) is 9.47 Å². The van der Waals surface area contributed by atoms with E-state index in [1.165, 1.54) is 12.1 Å². The molecule has 1 aliphatic rings. The van der Waals surface area contributed by atoms with E-state index in [9.17, 15) is 18.0 Å². The van der Waals surface area contributed by atoms with Gasteiger partial charge >= 0.3 is 6.09 Å². The molecule has 178 valence electrons. The van der Waals surface area contributed by atoms with Crippen molar-refractivity contribution in [3.05, 3.63) is 54.6 Å². The molecular formula is C23H29N3O6S. The molecule has 1 fully saturated rings. The molecule has 33 heavy (non-hydrogen) atoms. The molecule has 0 saturated carbocycles. The summed E-state index contributed by atoms with van der Waals surface area (Å²) < 4.78 is 38.5. The van der Waals surface area contributed by atoms with Gasteiger partial charge in [-0.05, 0) is 50.2 Å². The molecule has 0 N–H and O–H groups in total. The molecule has 0 aliphatic carbocycles. The Morgan fingerprint density at radius 3 is 2.06 bits per heavy atom. The van der Waals surface area contributed by atoms with Crippen molar-refractivity contribution in [3.8, 4) is 5.75 Å². The predicted octanol–water partition coefficient (Wildman–Crippen LogP) is 2.58. The van der Waals surface area contributed by atoms with Crippen LogP contribution >= 0.6 is 0 Å². The number of para-hydroxylation sites is 1. The second-order valence-corrected chi connectivity index (χ2v) is 9.18. The minimum Gasteiger partial charge on any atom is -0.494 e. The summed E-state index contributed by atoms with van der Waals surface area (Å²) >= 11 is 0. The van der Waals surface area contributed by atoms with Crippen LogP contribution < -0.4 is 9.04 Å². The molecule has 1 aliphatic heterocycles. The Labute approximate surface area is 194 Å². The summed E-state index contributed by atoms with van der Waals surface area (Å²) in [6, 6.07) is 14.7. The summed E-state index contributed by atoms with van der Waals surface area (Å²) in [7, 11) is -4.01. The number of ether oxygens (including phenoxy) is 2. The van der Waals surface area contributed by atoms with Crippen molar-refractivity contribution in [1.29, 1.82) is 0 Å². The molecule has 0 unspecified atom stereocenters. The minimum atomic E-state index is -4.01. The van der Waals surface area contributed by atoms with Crippen molar-refractivity contribution >= 4 is 27.7 Å². The highest BCUT2D eigenvalue weighted by Crippen LogP contribution is 2.25. The molecule has 2 aromatic rings. The quantitative estimate of drug-likeness (QED) is 0.582. The molecule has 0 atom stereocenters. The van der Waals surface area contributed by atoms with Crippen LogP contribution in [0.1, 0.15) is 13.8 Å². The van der Waals surface area contributed by atoms with Crippen molar-refractivity contribution in [2.75, 3.05) is 50.2 Å². The Morgan fingerprint density at radius 2 is 1.48 bits per heavy atom. The van der Waals surface area contributed by atoms with Crippen molar-refractivity contribution in [2.45, 2.75) is 18.7 Å². The van der Waals surface area contributed by atoms with Crippen LogP contribution in [0.3, 0.4) is 0 Å². The van der Waals surface area contributed by atoms with Crippen molar-refractivity contribution < 1.29 is 27.5 Å². The van der Waals surface area contributed by atoms with Crippen LogP contribution in [0.15, 0.2) is 59.5 Å². The second kappa shape index (κ2) is 11.0. The smallest absolute Gasteiger partial charge is 0.409 e. The third-order valence-electron chi connectivity index (χ3n) is 5.20. The van der Waals surface area contributed by atoms with E-state index in [0.717, 1.165) is 4.31 Å². The number of sulfonamides is 1. The van der Waals surface area contributed by atoms with E-state index < -0.39 is 16.1 Å². The van der Waals surface area contributed by atoms with Crippen LogP contribution in [0.4, 0.5) is 10.5 Å². The number of anilines is 1. The van der Waals surface area contributed by atoms with Crippen molar-refractivity contribution in [1.82, 2.24) is 9.80 Å². The van der Waals surface area contributed by atoms with Gasteiger partial charge in [0.15, 0.2) is 0 Å². The monoisotopic (exact) mass is 475 g/mol. The average molecular weight is 476 g/mol. The van der Waals surface area contributed by atoms with E-state index in [0.29, 0.717) is 44.2 Å². The summed E-state index contributed by atoms with van der Waals surface area (Å²) in [6.45, 7) is 5.28. The lowest BCUT2D eigenvalue weighted by atomic mass is 10.3. The lowest BCUT2D eigenvalue weighted by Crippen LogP contribution is -2.53. The molecule has 3 rings (SSSR count). The Balaban J connectivity index is 1.78. The van der Waals surface area contributed by atoms with E-state index in [1.807, 2.05) is 6.92 Å². The maximum atomic E-state index is 13.5. The van der Waals surface area contributed by atoms with Gasteiger partial charge in [-0.25, -0.2) is 13.2 Å². The van der Waals surface area contributed by atoms with Gasteiger partial charge < -0.3 is 19.3 Å². The van der Waals surface area contributed by atoms with Gasteiger partial charge in [0.05, 0.1) is 23.8 Å². The first-order valence-corrected chi connectivity index (χ1v) is 12.3. The van der Waals surface area contributed by atoms with Gasteiger partial charge in [-0.15, -0.1) is 0 Å². The van der Waals surface area contributed by atoms with E-state index >= 15 is 0 Å². The highest BCUT2D eigenvalue weighted by Gasteiger charge is 2.31. The maximum Gasteiger partial charge on any atom is 0.409 e. The first-order valence-electron chi connectivity index (χ1n) is 10.9. The van der Waals surface area contributed by atoms with E-state index in [-0.39, 0.29) is 24.0 Å². The van der Waals surface area contributed by atoms with Gasteiger partial charge in [0, 0.05) is 26.2 Å². The SMILES string of the molecule is CCOC(=O)N1CCN(C(=O)CN(c2ccccc2)S(=O)(=O)c2ccc(OCC)cc2)CC1. The van der Waals surface area contributed by atoms with Crippen LogP contribution in [0, 0.1) is 0 Å². The molecule has 1 saturated heterocycles. The third-order valence-corrected chi connectivity index (χ3v) is 6.99. The fraction of sp³-hybridized carbons (Fsp3) is 0.391. The number of hydrogen-bond acceptors (Lipinski definition) is 6. The Hall–Kier alpha value is -3.27. The predicted molar refractivity (Wildman–Crippen MR) is 124 cm³/mol. The van der Waals surface area contributed by atoms with Gasteiger partial charge in [-0.2, -0.15) is 0 Å². The minimum absolute atomic E-state index is 0.0646. The number of carbonyl (C=O) groups excluding carboxylic acids is 2. The molecule has 0 aromatic heterocycles. The molecule has 2 aromatic carbocycles. The lowest BCUT2D eigenvalue weighted by Gasteiger charge is -2.35. The van der Waals surface area contributed by atoms with Crippen LogP contribution in [0.2, 0.25) is 0 Å². The Morgan fingerprint density at radius 1 is 0.879 bits per heavy atom. The summed E-state index contributed by atoms with van der Waals surface area (Å²) in [6.07, 6.45) is -0.409. The maximum absolute atomic E-state index is 13.5. The normalized spacial score (nSPS) is 14.0. The lowest BCUT2D eigenvalue weighted by molar-refractivity contribution is -0.131. The van der Waals surface area contributed by atoms with Crippen LogP contribution in [-0.2, 0) is 19.6 Å². The second-order valence-electron chi connectivity index (χ2n) is 7.32. The van der Waals surface area contributed by atoms with Gasteiger partial charge in [0.1, 0.15) is 12.3 Å². The zero-order valence-electron chi connectivity index (χ0n) is 18.8. The Kier molecular flexibility index (Phi) is 8.16. The summed E-state index contributed by atoms with van der Waals surface area (Å²) in [5, 5.41) is 0. The summed E-state index contributed by atoms with van der Waals surface area (Å²) in [5.74, 6) is 0.232. The molecule has 1 heterocycles. The van der Waals surface area contributed by atoms with Crippen LogP contribution in [-0.4, -0.2) is 76.2 Å². The van der Waals surface area contributed by atoms with Gasteiger partial charge in [-0.3, -0.25) is 9.10 Å². The molecule has 10 heteroatoms. The highest BCUT2D eigenvalue weighted by molar-refractivity contribution is 7.92. The standard InChI is InChI=1S/C23H29N3O6S/c1-3-31-20-10-12-21(13-11-20)33(29,30)26(19-8-6-5-7-9-19)18-22(27)24-14-16-25(17-15-24)23(28)32-4-2/h5-13H,3-4,14-18H2,1-2H3. The van der Waals surface area contributed by atoms with E-state index in [1.54, 1.807) is 59.2 Å². The molecule has 2 amide bonds. The van der Waals surface area contributed by atoms with Gasteiger partial charge in [-0.1, -0.05) is 18.2 Å².